The molecule has 1 amide bonds. The fourth-order valence-corrected chi connectivity index (χ4v) is 5.45. The van der Waals surface area contributed by atoms with E-state index in [1.807, 2.05) is 44.5 Å². The van der Waals surface area contributed by atoms with Crippen LogP contribution in [0.1, 0.15) is 17.9 Å². The van der Waals surface area contributed by atoms with Crippen molar-refractivity contribution in [3.63, 3.8) is 0 Å². The summed E-state index contributed by atoms with van der Waals surface area (Å²) in [5.74, 6) is 0.300. The molecule has 0 spiro atoms. The van der Waals surface area contributed by atoms with Crippen molar-refractivity contribution in [2.45, 2.75) is 12.3 Å². The quantitative estimate of drug-likeness (QED) is 0.280. The van der Waals surface area contributed by atoms with Crippen LogP contribution in [0.2, 0.25) is 0 Å². The number of amides is 1. The number of nitrogens with zero attached hydrogens (tertiary/aromatic N) is 3. The molecule has 0 aliphatic carbocycles. The number of hydrogen-bond acceptors (Lipinski definition) is 5. The van der Waals surface area contributed by atoms with Gasteiger partial charge in [-0.2, -0.15) is 5.10 Å². The lowest BCUT2D eigenvalue weighted by atomic mass is 10.2. The Labute approximate surface area is 216 Å². The minimum Gasteiger partial charge on any atom is -0.392 e. The molecular formula is C25H27BrFN3O2S2. The highest BCUT2D eigenvalue weighted by Crippen LogP contribution is 2.43. The molecule has 1 N–H and O–H groups in total. The van der Waals surface area contributed by atoms with Gasteiger partial charge in [0.15, 0.2) is 0 Å². The first-order chi connectivity index (χ1) is 16.4. The summed E-state index contributed by atoms with van der Waals surface area (Å²) in [5.41, 5.74) is 2.61. The normalized spacial score (nSPS) is 14.9. The average Bonchev–Trinajstić information content (AvgIpc) is 3.55. The number of thioether (sulfide) groups is 1. The Balaban J connectivity index is 0.000000391. The van der Waals surface area contributed by atoms with Crippen molar-refractivity contribution >= 4 is 44.9 Å². The number of halogens is 2. The number of hydrogen-bond donors (Lipinski definition) is 1. The van der Waals surface area contributed by atoms with Gasteiger partial charge in [0, 0.05) is 18.8 Å². The van der Waals surface area contributed by atoms with E-state index in [4.69, 9.17) is 10.2 Å². The number of allylic oxidation sites excluding steroid dienone is 3. The van der Waals surface area contributed by atoms with Crippen LogP contribution < -0.4 is 0 Å². The van der Waals surface area contributed by atoms with Crippen molar-refractivity contribution in [2.24, 2.45) is 0 Å². The number of aromatic nitrogens is 2. The Bertz CT molecular complexity index is 1130. The van der Waals surface area contributed by atoms with E-state index in [2.05, 4.69) is 29.1 Å². The largest absolute Gasteiger partial charge is 0.392 e. The number of aliphatic hydroxyl groups excluding tert-OH is 1. The monoisotopic (exact) mass is 563 g/mol. The van der Waals surface area contributed by atoms with Gasteiger partial charge >= 0.3 is 0 Å². The molecule has 4 rings (SSSR count). The second-order valence-corrected chi connectivity index (χ2v) is 10.4. The average molecular weight is 565 g/mol. The summed E-state index contributed by atoms with van der Waals surface area (Å²) in [6, 6.07) is 10.2. The van der Waals surface area contributed by atoms with Crippen LogP contribution in [-0.4, -0.2) is 45.1 Å². The smallest absolute Gasteiger partial charge is 0.233 e. The van der Waals surface area contributed by atoms with Gasteiger partial charge in [-0.15, -0.1) is 29.7 Å². The summed E-state index contributed by atoms with van der Waals surface area (Å²) in [5, 5.41) is 12.4. The SMILES string of the molecule is C=C/C=C/C.C=CCO.CN1C(=O)CSC1c1cn(-c2ccc(F)cc2)nc1-c1ccc(Br)s1. The lowest BCUT2D eigenvalue weighted by Crippen LogP contribution is -2.23. The van der Waals surface area contributed by atoms with Crippen LogP contribution in [0.15, 0.2) is 83.8 Å². The molecule has 1 fully saturated rings. The van der Waals surface area contributed by atoms with E-state index >= 15 is 0 Å². The molecule has 1 atom stereocenters. The molecule has 180 valence electrons. The van der Waals surface area contributed by atoms with E-state index in [-0.39, 0.29) is 23.7 Å². The Kier molecular flexibility index (Phi) is 11.5. The molecule has 9 heteroatoms. The van der Waals surface area contributed by atoms with Crippen molar-refractivity contribution in [2.75, 3.05) is 19.4 Å². The molecule has 0 saturated carbocycles. The van der Waals surface area contributed by atoms with Crippen molar-refractivity contribution < 1.29 is 14.3 Å². The first-order valence-electron chi connectivity index (χ1n) is 10.3. The van der Waals surface area contributed by atoms with Gasteiger partial charge in [-0.05, 0) is 59.3 Å². The lowest BCUT2D eigenvalue weighted by molar-refractivity contribution is -0.126. The number of carbonyl (C=O) groups is 1. The zero-order valence-electron chi connectivity index (χ0n) is 19.0. The first-order valence-corrected chi connectivity index (χ1v) is 13.0. The topological polar surface area (TPSA) is 58.4 Å². The number of thiophene rings is 1. The molecular weight excluding hydrogens is 537 g/mol. The maximum atomic E-state index is 13.2. The van der Waals surface area contributed by atoms with E-state index < -0.39 is 0 Å². The van der Waals surface area contributed by atoms with Gasteiger partial charge in [0.05, 0.1) is 26.7 Å². The predicted molar refractivity (Wildman–Crippen MR) is 145 cm³/mol. The Morgan fingerprint density at radius 3 is 2.38 bits per heavy atom. The summed E-state index contributed by atoms with van der Waals surface area (Å²) >= 11 is 6.68. The number of benzene rings is 1. The molecule has 1 unspecified atom stereocenters. The third-order valence-corrected chi connectivity index (χ3v) is 7.40. The Morgan fingerprint density at radius 2 is 1.94 bits per heavy atom. The fourth-order valence-electron chi connectivity index (χ4n) is 2.86. The molecule has 1 aliphatic heterocycles. The second-order valence-electron chi connectivity index (χ2n) is 6.86. The summed E-state index contributed by atoms with van der Waals surface area (Å²) in [6.45, 7) is 8.74. The predicted octanol–water partition coefficient (Wildman–Crippen LogP) is 6.62. The number of rotatable bonds is 5. The van der Waals surface area contributed by atoms with Gasteiger partial charge in [-0.3, -0.25) is 4.79 Å². The molecule has 1 aromatic carbocycles. The van der Waals surface area contributed by atoms with Gasteiger partial charge in [-0.25, -0.2) is 9.07 Å². The highest BCUT2D eigenvalue weighted by Gasteiger charge is 2.33. The lowest BCUT2D eigenvalue weighted by Gasteiger charge is -2.18. The van der Waals surface area contributed by atoms with Gasteiger partial charge in [-0.1, -0.05) is 30.9 Å². The van der Waals surface area contributed by atoms with Crippen LogP contribution >= 0.6 is 39.0 Å². The van der Waals surface area contributed by atoms with E-state index in [1.54, 1.807) is 50.9 Å². The van der Waals surface area contributed by atoms with Gasteiger partial charge in [0.1, 0.15) is 16.9 Å². The second kappa shape index (κ2) is 14.1. The summed E-state index contributed by atoms with van der Waals surface area (Å²) in [7, 11) is 1.82. The van der Waals surface area contributed by atoms with Crippen LogP contribution in [0.5, 0.6) is 0 Å². The van der Waals surface area contributed by atoms with E-state index in [0.717, 1.165) is 25.6 Å². The third-order valence-electron chi connectivity index (χ3n) is 4.47. The zero-order chi connectivity index (χ0) is 25.1. The van der Waals surface area contributed by atoms with Crippen LogP contribution in [0, 0.1) is 5.82 Å². The van der Waals surface area contributed by atoms with Crippen LogP contribution in [0.3, 0.4) is 0 Å². The summed E-state index contributed by atoms with van der Waals surface area (Å²) in [4.78, 5) is 14.7. The van der Waals surface area contributed by atoms with Crippen LogP contribution in [-0.2, 0) is 4.79 Å². The molecule has 3 heterocycles. The maximum absolute atomic E-state index is 13.2. The minimum absolute atomic E-state index is 0.0717. The molecule has 0 bridgehead atoms. The van der Waals surface area contributed by atoms with E-state index in [0.29, 0.717) is 5.75 Å². The molecule has 3 aromatic rings. The van der Waals surface area contributed by atoms with Crippen LogP contribution in [0.4, 0.5) is 4.39 Å². The van der Waals surface area contributed by atoms with Crippen LogP contribution in [0.25, 0.3) is 16.3 Å². The van der Waals surface area contributed by atoms with E-state index in [9.17, 15) is 9.18 Å². The first kappa shape index (κ1) is 27.8. The summed E-state index contributed by atoms with van der Waals surface area (Å²) in [6.07, 6.45) is 8.94. The number of carbonyl (C=O) groups excluding carboxylic acids is 1. The standard InChI is InChI=1S/C17H13BrFN3OS2.C5H8.C3H6O/c1-21-15(23)9-24-17(21)12-8-22(11-4-2-10(19)3-5-11)20-16(12)13-6-7-14(18)25-13;1-3-5-4-2;1-2-3-4/h2-8,17H,9H2,1H3;3-5H,1H2,2H3;2,4H,1,3H2/b;5-4+;. The molecule has 5 nitrogen and oxygen atoms in total. The molecule has 1 saturated heterocycles. The van der Waals surface area contributed by atoms with Crippen molar-refractivity contribution in [3.05, 3.63) is 95.2 Å². The summed E-state index contributed by atoms with van der Waals surface area (Å²) < 4.78 is 16.0. The van der Waals surface area contributed by atoms with Crippen molar-refractivity contribution in [1.29, 1.82) is 0 Å². The fraction of sp³-hybridized carbons (Fsp3) is 0.200. The Morgan fingerprint density at radius 1 is 1.26 bits per heavy atom. The molecule has 1 aliphatic rings. The molecule has 2 aromatic heterocycles. The molecule has 34 heavy (non-hydrogen) atoms. The Hall–Kier alpha value is -2.46. The highest BCUT2D eigenvalue weighted by molar-refractivity contribution is 9.11. The minimum atomic E-state index is -0.282. The van der Waals surface area contributed by atoms with Gasteiger partial charge < -0.3 is 10.0 Å². The number of aliphatic hydroxyl groups is 1. The van der Waals surface area contributed by atoms with Gasteiger partial charge in [0.2, 0.25) is 5.91 Å². The van der Waals surface area contributed by atoms with Crippen molar-refractivity contribution in [1.82, 2.24) is 14.7 Å². The molecule has 0 radical (unpaired) electrons. The van der Waals surface area contributed by atoms with E-state index in [1.165, 1.54) is 18.2 Å². The highest BCUT2D eigenvalue weighted by atomic mass is 79.9. The van der Waals surface area contributed by atoms with Gasteiger partial charge in [0.25, 0.3) is 0 Å². The third kappa shape index (κ3) is 7.53. The van der Waals surface area contributed by atoms with Crippen molar-refractivity contribution in [3.8, 4) is 16.3 Å². The zero-order valence-corrected chi connectivity index (χ0v) is 22.2. The maximum Gasteiger partial charge on any atom is 0.233 e.